The number of pyridine rings is 2. The van der Waals surface area contributed by atoms with Gasteiger partial charge in [0.2, 0.25) is 0 Å². The zero-order chi connectivity index (χ0) is 18.2. The molecular formula is C19H21N7O. The average Bonchev–Trinajstić information content (AvgIpc) is 3.29. The van der Waals surface area contributed by atoms with Crippen LogP contribution in [0.15, 0.2) is 41.6 Å². The summed E-state index contributed by atoms with van der Waals surface area (Å²) in [5.74, 6) is 0. The van der Waals surface area contributed by atoms with Gasteiger partial charge in [-0.25, -0.2) is 14.8 Å². The molecule has 27 heavy (non-hydrogen) atoms. The third kappa shape index (κ3) is 3.02. The maximum Gasteiger partial charge on any atom is 0.327 e. The van der Waals surface area contributed by atoms with E-state index >= 15 is 0 Å². The quantitative estimate of drug-likeness (QED) is 0.506. The van der Waals surface area contributed by atoms with E-state index in [4.69, 9.17) is 0 Å². The lowest BCUT2D eigenvalue weighted by Crippen LogP contribution is -2.44. The van der Waals surface area contributed by atoms with Crippen LogP contribution in [-0.2, 0) is 6.54 Å². The monoisotopic (exact) mass is 363 g/mol. The first-order valence-corrected chi connectivity index (χ1v) is 9.23. The molecule has 0 unspecified atom stereocenters. The largest absolute Gasteiger partial charge is 0.346 e. The Bertz CT molecular complexity index is 1150. The van der Waals surface area contributed by atoms with E-state index in [2.05, 4.69) is 36.2 Å². The van der Waals surface area contributed by atoms with Crippen LogP contribution in [0.4, 0.5) is 0 Å². The van der Waals surface area contributed by atoms with Gasteiger partial charge in [0, 0.05) is 74.4 Å². The van der Waals surface area contributed by atoms with Crippen molar-refractivity contribution >= 4 is 22.2 Å². The van der Waals surface area contributed by atoms with Crippen LogP contribution in [0.2, 0.25) is 0 Å². The molecule has 5 heterocycles. The Morgan fingerprint density at radius 2 is 1.78 bits per heavy atom. The minimum Gasteiger partial charge on any atom is -0.346 e. The number of fused-ring (bicyclic) bond motifs is 2. The number of hydrogen-bond acceptors (Lipinski definition) is 5. The zero-order valence-corrected chi connectivity index (χ0v) is 14.9. The van der Waals surface area contributed by atoms with Crippen molar-refractivity contribution in [3.8, 4) is 11.1 Å². The standard InChI is InChI=1S/C19H21N7O/c27-19-24-18-16(26(19)8-7-25-5-3-20-4-6-25)10-15(12-23-18)14-9-13-1-2-21-17(13)22-11-14/h1-2,9-12,20H,3-8H2,(H,21,22)(H,23,24,27). The van der Waals surface area contributed by atoms with Gasteiger partial charge in [-0.15, -0.1) is 0 Å². The number of hydrogen-bond donors (Lipinski definition) is 3. The summed E-state index contributed by atoms with van der Waals surface area (Å²) in [6, 6.07) is 6.10. The molecule has 4 aromatic heterocycles. The fourth-order valence-corrected chi connectivity index (χ4v) is 3.69. The van der Waals surface area contributed by atoms with E-state index in [1.165, 1.54) is 0 Å². The van der Waals surface area contributed by atoms with E-state index in [0.717, 1.165) is 60.4 Å². The summed E-state index contributed by atoms with van der Waals surface area (Å²) in [5.41, 5.74) is 4.15. The van der Waals surface area contributed by atoms with E-state index in [1.54, 1.807) is 10.8 Å². The van der Waals surface area contributed by atoms with E-state index in [0.29, 0.717) is 12.2 Å². The first-order valence-electron chi connectivity index (χ1n) is 9.23. The molecule has 0 radical (unpaired) electrons. The first-order chi connectivity index (χ1) is 13.3. The van der Waals surface area contributed by atoms with Gasteiger partial charge in [-0.1, -0.05) is 0 Å². The molecule has 0 spiro atoms. The number of rotatable bonds is 4. The molecule has 1 fully saturated rings. The maximum absolute atomic E-state index is 12.4. The van der Waals surface area contributed by atoms with Gasteiger partial charge in [0.25, 0.3) is 0 Å². The van der Waals surface area contributed by atoms with Gasteiger partial charge in [-0.2, -0.15) is 0 Å². The van der Waals surface area contributed by atoms with E-state index < -0.39 is 0 Å². The van der Waals surface area contributed by atoms with Crippen LogP contribution in [0, 0.1) is 0 Å². The van der Waals surface area contributed by atoms with Crippen molar-refractivity contribution in [1.82, 2.24) is 34.7 Å². The Kier molecular flexibility index (Phi) is 3.99. The molecule has 1 aliphatic heterocycles. The van der Waals surface area contributed by atoms with E-state index in [9.17, 15) is 4.79 Å². The maximum atomic E-state index is 12.4. The van der Waals surface area contributed by atoms with Crippen LogP contribution in [0.25, 0.3) is 33.3 Å². The fourth-order valence-electron chi connectivity index (χ4n) is 3.69. The Hall–Kier alpha value is -2.97. The molecule has 0 saturated carbocycles. The van der Waals surface area contributed by atoms with Crippen molar-refractivity contribution in [2.24, 2.45) is 0 Å². The van der Waals surface area contributed by atoms with Crippen molar-refractivity contribution in [3.63, 3.8) is 0 Å². The first kappa shape index (κ1) is 16.2. The summed E-state index contributed by atoms with van der Waals surface area (Å²) in [7, 11) is 0. The molecule has 1 aliphatic rings. The second kappa shape index (κ2) is 6.64. The number of nitrogens with one attached hydrogen (secondary N) is 3. The highest BCUT2D eigenvalue weighted by atomic mass is 16.1. The molecule has 0 aliphatic carbocycles. The Morgan fingerprint density at radius 3 is 2.63 bits per heavy atom. The second-order valence-electron chi connectivity index (χ2n) is 6.90. The van der Waals surface area contributed by atoms with Crippen molar-refractivity contribution in [3.05, 3.63) is 47.3 Å². The molecule has 0 atom stereocenters. The summed E-state index contributed by atoms with van der Waals surface area (Å²) in [6.45, 7) is 5.55. The van der Waals surface area contributed by atoms with Crippen LogP contribution in [0.1, 0.15) is 0 Å². The summed E-state index contributed by atoms with van der Waals surface area (Å²) >= 11 is 0. The van der Waals surface area contributed by atoms with Gasteiger partial charge in [-0.05, 0) is 18.2 Å². The summed E-state index contributed by atoms with van der Waals surface area (Å²) in [4.78, 5) is 29.7. The predicted octanol–water partition coefficient (Wildman–Crippen LogP) is 1.17. The molecule has 0 amide bonds. The van der Waals surface area contributed by atoms with E-state index in [1.807, 2.05) is 24.5 Å². The molecule has 8 nitrogen and oxygen atoms in total. The number of aromatic nitrogens is 5. The zero-order valence-electron chi connectivity index (χ0n) is 14.9. The lowest BCUT2D eigenvalue weighted by atomic mass is 10.1. The van der Waals surface area contributed by atoms with Gasteiger partial charge in [0.1, 0.15) is 5.65 Å². The highest BCUT2D eigenvalue weighted by molar-refractivity contribution is 5.84. The molecule has 8 heteroatoms. The number of aromatic amines is 2. The number of imidazole rings is 1. The van der Waals surface area contributed by atoms with Gasteiger partial charge >= 0.3 is 5.69 Å². The predicted molar refractivity (Wildman–Crippen MR) is 105 cm³/mol. The number of H-pyrrole nitrogens is 2. The minimum absolute atomic E-state index is 0.107. The topological polar surface area (TPSA) is 94.6 Å². The van der Waals surface area contributed by atoms with Crippen LogP contribution < -0.4 is 11.0 Å². The smallest absolute Gasteiger partial charge is 0.327 e. The van der Waals surface area contributed by atoms with Gasteiger partial charge in [0.05, 0.1) is 5.52 Å². The highest BCUT2D eigenvalue weighted by Gasteiger charge is 2.13. The molecule has 1 saturated heterocycles. The molecule has 138 valence electrons. The highest BCUT2D eigenvalue weighted by Crippen LogP contribution is 2.24. The normalized spacial score (nSPS) is 15.7. The van der Waals surface area contributed by atoms with Crippen molar-refractivity contribution in [1.29, 1.82) is 0 Å². The lowest BCUT2D eigenvalue weighted by Gasteiger charge is -2.27. The van der Waals surface area contributed by atoms with Gasteiger partial charge < -0.3 is 10.3 Å². The Morgan fingerprint density at radius 1 is 1.00 bits per heavy atom. The van der Waals surface area contributed by atoms with E-state index in [-0.39, 0.29) is 5.69 Å². The van der Waals surface area contributed by atoms with Crippen LogP contribution >= 0.6 is 0 Å². The third-order valence-electron chi connectivity index (χ3n) is 5.21. The SMILES string of the molecule is O=c1[nH]c2ncc(-c3cnc4[nH]ccc4c3)cc2n1CCN1CCNCC1. The molecule has 0 bridgehead atoms. The third-order valence-corrected chi connectivity index (χ3v) is 5.21. The summed E-state index contributed by atoms with van der Waals surface area (Å²) in [5, 5.41) is 4.40. The van der Waals surface area contributed by atoms with Crippen LogP contribution in [-0.4, -0.2) is 62.1 Å². The Balaban J connectivity index is 1.49. The van der Waals surface area contributed by atoms with Crippen molar-refractivity contribution in [2.45, 2.75) is 6.54 Å². The fraction of sp³-hybridized carbons (Fsp3) is 0.316. The summed E-state index contributed by atoms with van der Waals surface area (Å²) < 4.78 is 1.79. The number of nitrogens with zero attached hydrogens (tertiary/aromatic N) is 4. The lowest BCUT2D eigenvalue weighted by molar-refractivity contribution is 0.232. The summed E-state index contributed by atoms with van der Waals surface area (Å²) in [6.07, 6.45) is 5.49. The van der Waals surface area contributed by atoms with Gasteiger partial charge in [0.15, 0.2) is 5.65 Å². The van der Waals surface area contributed by atoms with Crippen molar-refractivity contribution in [2.75, 3.05) is 32.7 Å². The van der Waals surface area contributed by atoms with Crippen LogP contribution in [0.5, 0.6) is 0 Å². The molecule has 4 aromatic rings. The molecular weight excluding hydrogens is 342 g/mol. The average molecular weight is 363 g/mol. The minimum atomic E-state index is -0.107. The van der Waals surface area contributed by atoms with Gasteiger partial charge in [-0.3, -0.25) is 14.5 Å². The molecule has 5 rings (SSSR count). The second-order valence-corrected chi connectivity index (χ2v) is 6.90. The van der Waals surface area contributed by atoms with Crippen molar-refractivity contribution < 1.29 is 0 Å². The number of piperazine rings is 1. The molecule has 3 N–H and O–H groups in total. The Labute approximate surface area is 155 Å². The molecule has 0 aromatic carbocycles. The van der Waals surface area contributed by atoms with Crippen LogP contribution in [0.3, 0.4) is 0 Å².